The molecule has 3 N–H and O–H groups in total. The molecule has 9 heteroatoms. The lowest BCUT2D eigenvalue weighted by molar-refractivity contribution is 0.0597. The minimum Gasteiger partial charge on any atom is -0.505 e. The summed E-state index contributed by atoms with van der Waals surface area (Å²) in [7, 11) is 5.69. The highest BCUT2D eigenvalue weighted by molar-refractivity contribution is 6.09. The number of aromatic hydroxyl groups is 1. The van der Waals surface area contributed by atoms with Gasteiger partial charge in [-0.25, -0.2) is 4.79 Å². The number of fused-ring (bicyclic) bond motifs is 1. The van der Waals surface area contributed by atoms with Crippen LogP contribution in [0.2, 0.25) is 0 Å². The predicted octanol–water partition coefficient (Wildman–Crippen LogP) is 2.94. The van der Waals surface area contributed by atoms with E-state index < -0.39 is 11.9 Å². The minimum absolute atomic E-state index is 0.0602. The number of phenols is 1. The highest BCUT2D eigenvalue weighted by Crippen LogP contribution is 2.41. The molecule has 1 heterocycles. The molecule has 0 unspecified atom stereocenters. The maximum absolute atomic E-state index is 12.8. The molecule has 0 saturated heterocycles. The molecular formula is C20H20N2O7. The maximum atomic E-state index is 12.8. The topological polar surface area (TPSA) is 119 Å². The number of nitrogens with one attached hydrogen (secondary N) is 2. The first kappa shape index (κ1) is 19.9. The molecule has 0 fully saturated rings. The third-order valence-electron chi connectivity index (χ3n) is 4.37. The van der Waals surface area contributed by atoms with Crippen LogP contribution in [0.5, 0.6) is 23.0 Å². The molecule has 0 radical (unpaired) electrons. The van der Waals surface area contributed by atoms with E-state index in [9.17, 15) is 14.7 Å². The predicted molar refractivity (Wildman–Crippen MR) is 105 cm³/mol. The molecule has 0 aliphatic carbocycles. The van der Waals surface area contributed by atoms with E-state index in [1.807, 2.05) is 0 Å². The van der Waals surface area contributed by atoms with Gasteiger partial charge >= 0.3 is 5.97 Å². The van der Waals surface area contributed by atoms with Gasteiger partial charge in [0.2, 0.25) is 0 Å². The third kappa shape index (κ3) is 3.49. The van der Waals surface area contributed by atoms with Gasteiger partial charge in [-0.1, -0.05) is 6.07 Å². The third-order valence-corrected chi connectivity index (χ3v) is 4.37. The molecule has 0 atom stereocenters. The second-order valence-electron chi connectivity index (χ2n) is 5.93. The van der Waals surface area contributed by atoms with E-state index in [1.54, 1.807) is 12.1 Å². The number of methoxy groups -OCH3 is 4. The Morgan fingerprint density at radius 1 is 1.00 bits per heavy atom. The van der Waals surface area contributed by atoms with E-state index >= 15 is 0 Å². The molecule has 3 rings (SSSR count). The molecule has 9 nitrogen and oxygen atoms in total. The summed E-state index contributed by atoms with van der Waals surface area (Å²) in [6, 6.07) is 7.62. The van der Waals surface area contributed by atoms with Gasteiger partial charge in [-0.2, -0.15) is 0 Å². The number of ether oxygens (including phenoxy) is 4. The first-order valence-electron chi connectivity index (χ1n) is 8.48. The molecule has 0 bridgehead atoms. The van der Waals surface area contributed by atoms with Crippen molar-refractivity contribution in [3.05, 3.63) is 41.6 Å². The lowest BCUT2D eigenvalue weighted by Crippen LogP contribution is -2.13. The highest BCUT2D eigenvalue weighted by atomic mass is 16.5. The Hall–Kier alpha value is -3.88. The van der Waals surface area contributed by atoms with Crippen LogP contribution in [0.3, 0.4) is 0 Å². The molecule has 0 saturated carbocycles. The fourth-order valence-corrected chi connectivity index (χ4v) is 2.97. The number of aromatic nitrogens is 1. The maximum Gasteiger partial charge on any atom is 0.341 e. The van der Waals surface area contributed by atoms with Crippen molar-refractivity contribution in [1.29, 1.82) is 0 Å². The number of H-pyrrole nitrogens is 1. The first-order chi connectivity index (χ1) is 13.9. The van der Waals surface area contributed by atoms with E-state index in [-0.39, 0.29) is 22.7 Å². The Morgan fingerprint density at radius 2 is 1.72 bits per heavy atom. The fourth-order valence-electron chi connectivity index (χ4n) is 2.97. The van der Waals surface area contributed by atoms with E-state index in [2.05, 4.69) is 15.0 Å². The number of phenolic OH excluding ortho intramolecular Hbond substituents is 1. The number of rotatable bonds is 6. The van der Waals surface area contributed by atoms with Crippen LogP contribution in [-0.4, -0.2) is 50.4 Å². The molecule has 1 amide bonds. The van der Waals surface area contributed by atoms with Crippen LogP contribution >= 0.6 is 0 Å². The van der Waals surface area contributed by atoms with Crippen molar-refractivity contribution in [3.63, 3.8) is 0 Å². The molecule has 2 aromatic carbocycles. The summed E-state index contributed by atoms with van der Waals surface area (Å²) in [6.45, 7) is 0. The first-order valence-corrected chi connectivity index (χ1v) is 8.48. The second-order valence-corrected chi connectivity index (χ2v) is 5.93. The van der Waals surface area contributed by atoms with Gasteiger partial charge in [-0.05, 0) is 18.2 Å². The summed E-state index contributed by atoms with van der Waals surface area (Å²) in [5.74, 6) is -0.302. The number of carbonyl (C=O) groups excluding carboxylic acids is 2. The number of carbonyl (C=O) groups is 2. The summed E-state index contributed by atoms with van der Waals surface area (Å²) >= 11 is 0. The van der Waals surface area contributed by atoms with Crippen LogP contribution in [0.1, 0.15) is 20.8 Å². The zero-order valence-corrected chi connectivity index (χ0v) is 16.3. The van der Waals surface area contributed by atoms with Crippen LogP contribution in [0.4, 0.5) is 5.69 Å². The average Bonchev–Trinajstić information content (AvgIpc) is 3.18. The Bertz CT molecular complexity index is 1090. The summed E-state index contributed by atoms with van der Waals surface area (Å²) in [6.07, 6.45) is 0. The fraction of sp³-hybridized carbons (Fsp3) is 0.200. The number of hydrogen-bond donors (Lipinski definition) is 3. The van der Waals surface area contributed by atoms with E-state index in [0.717, 1.165) is 0 Å². The van der Waals surface area contributed by atoms with Crippen LogP contribution in [0.25, 0.3) is 10.9 Å². The van der Waals surface area contributed by atoms with Gasteiger partial charge in [0, 0.05) is 11.5 Å². The summed E-state index contributed by atoms with van der Waals surface area (Å²) in [4.78, 5) is 27.5. The number of aromatic amines is 1. The Labute approximate surface area is 166 Å². The van der Waals surface area contributed by atoms with Gasteiger partial charge in [0.05, 0.1) is 39.6 Å². The Kier molecular flexibility index (Phi) is 5.49. The van der Waals surface area contributed by atoms with Crippen LogP contribution < -0.4 is 19.5 Å². The van der Waals surface area contributed by atoms with Gasteiger partial charge < -0.3 is 34.4 Å². The van der Waals surface area contributed by atoms with Gasteiger partial charge in [0.1, 0.15) is 17.0 Å². The smallest absolute Gasteiger partial charge is 0.341 e. The van der Waals surface area contributed by atoms with Crippen molar-refractivity contribution < 1.29 is 33.6 Å². The normalized spacial score (nSPS) is 10.5. The molecule has 29 heavy (non-hydrogen) atoms. The van der Waals surface area contributed by atoms with Gasteiger partial charge in [-0.3, -0.25) is 4.79 Å². The lowest BCUT2D eigenvalue weighted by Gasteiger charge is -2.11. The number of benzene rings is 2. The van der Waals surface area contributed by atoms with Gasteiger partial charge in [-0.15, -0.1) is 0 Å². The summed E-state index contributed by atoms with van der Waals surface area (Å²) in [5, 5.41) is 13.5. The van der Waals surface area contributed by atoms with Gasteiger partial charge in [0.25, 0.3) is 5.91 Å². The molecular weight excluding hydrogens is 380 g/mol. The average molecular weight is 400 g/mol. The largest absolute Gasteiger partial charge is 0.505 e. The SMILES string of the molecule is COC(=O)c1cccc(NC(=O)c2cc3c(OC)cc(OC)c(OC)c3[nH]2)c1O. The number of esters is 1. The molecule has 3 aromatic rings. The monoisotopic (exact) mass is 400 g/mol. The highest BCUT2D eigenvalue weighted by Gasteiger charge is 2.21. The molecule has 152 valence electrons. The number of amides is 1. The standard InChI is InChI=1S/C20H20N2O7/c1-26-14-9-15(27-2)18(28-3)16-11(14)8-13(21-16)19(24)22-12-7-5-6-10(17(12)23)20(25)29-4/h5-9,21,23H,1-4H3,(H,22,24). The summed E-state index contributed by atoms with van der Waals surface area (Å²) < 4.78 is 20.7. The second kappa shape index (κ2) is 8.01. The van der Waals surface area contributed by atoms with Crippen molar-refractivity contribution in [2.24, 2.45) is 0 Å². The number of hydrogen-bond acceptors (Lipinski definition) is 7. The van der Waals surface area contributed by atoms with Crippen LogP contribution in [0, 0.1) is 0 Å². The molecule has 0 spiro atoms. The number of anilines is 1. The van der Waals surface area contributed by atoms with E-state index in [4.69, 9.17) is 14.2 Å². The van der Waals surface area contributed by atoms with Crippen molar-refractivity contribution >= 4 is 28.5 Å². The minimum atomic E-state index is -0.717. The van der Waals surface area contributed by atoms with Gasteiger partial charge in [0.15, 0.2) is 17.2 Å². The number of para-hydroxylation sites is 1. The lowest BCUT2D eigenvalue weighted by atomic mass is 10.1. The zero-order chi connectivity index (χ0) is 21.1. The molecule has 0 aliphatic rings. The quantitative estimate of drug-likeness (QED) is 0.430. The van der Waals surface area contributed by atoms with Crippen molar-refractivity contribution in [2.75, 3.05) is 33.8 Å². The summed E-state index contributed by atoms with van der Waals surface area (Å²) in [5.41, 5.74) is 0.706. The van der Waals surface area contributed by atoms with Crippen LogP contribution in [0.15, 0.2) is 30.3 Å². The van der Waals surface area contributed by atoms with Crippen molar-refractivity contribution in [2.45, 2.75) is 0 Å². The van der Waals surface area contributed by atoms with Crippen LogP contribution in [-0.2, 0) is 4.74 Å². The van der Waals surface area contributed by atoms with Crippen molar-refractivity contribution in [3.8, 4) is 23.0 Å². The zero-order valence-electron chi connectivity index (χ0n) is 16.3. The molecule has 0 aliphatic heterocycles. The van der Waals surface area contributed by atoms with Crippen molar-refractivity contribution in [1.82, 2.24) is 4.98 Å². The Balaban J connectivity index is 2.02. The molecule has 1 aromatic heterocycles. The van der Waals surface area contributed by atoms with E-state index in [0.29, 0.717) is 28.2 Å². The Morgan fingerprint density at radius 3 is 2.34 bits per heavy atom. The van der Waals surface area contributed by atoms with E-state index in [1.165, 1.54) is 46.6 Å².